The highest BCUT2D eigenvalue weighted by Crippen LogP contribution is 2.50. The standard InChI is InChI=1S/C21H32/c1-14(2)13-21(7)19-11-9-8-10-18(19)16(5)12-17(6)20(21)15(3)4/h8-11,14,16-17H,12-13H2,1-7H3. The fourth-order valence-electron chi connectivity index (χ4n) is 4.97. The molecule has 3 atom stereocenters. The molecule has 0 aliphatic heterocycles. The molecule has 0 nitrogen and oxygen atoms in total. The van der Waals surface area contributed by atoms with Gasteiger partial charge in [-0.1, -0.05) is 70.0 Å². The predicted octanol–water partition coefficient (Wildman–Crippen LogP) is 6.47. The highest BCUT2D eigenvalue weighted by molar-refractivity contribution is 5.46. The zero-order chi connectivity index (χ0) is 15.8. The smallest absolute Gasteiger partial charge is 0.0144 e. The van der Waals surface area contributed by atoms with Gasteiger partial charge in [-0.25, -0.2) is 0 Å². The number of hydrogen-bond donors (Lipinski definition) is 0. The van der Waals surface area contributed by atoms with E-state index in [1.165, 1.54) is 18.4 Å². The van der Waals surface area contributed by atoms with E-state index < -0.39 is 0 Å². The molecule has 3 unspecified atom stereocenters. The molecule has 0 saturated carbocycles. The molecule has 1 aliphatic carbocycles. The lowest BCUT2D eigenvalue weighted by molar-refractivity contribution is 0.385. The van der Waals surface area contributed by atoms with Gasteiger partial charge in [-0.2, -0.15) is 0 Å². The first-order valence-electron chi connectivity index (χ1n) is 8.54. The number of allylic oxidation sites excluding steroid dienone is 2. The molecule has 0 radical (unpaired) electrons. The van der Waals surface area contributed by atoms with E-state index in [1.54, 1.807) is 16.7 Å². The Morgan fingerprint density at radius 3 is 2.33 bits per heavy atom. The molecule has 0 spiro atoms. The van der Waals surface area contributed by atoms with Crippen molar-refractivity contribution < 1.29 is 0 Å². The average Bonchev–Trinajstić information content (AvgIpc) is 2.43. The lowest BCUT2D eigenvalue weighted by Gasteiger charge is -2.38. The fraction of sp³-hybridized carbons (Fsp3) is 0.619. The summed E-state index contributed by atoms with van der Waals surface area (Å²) in [6.07, 6.45) is 2.51. The van der Waals surface area contributed by atoms with E-state index in [0.29, 0.717) is 17.8 Å². The summed E-state index contributed by atoms with van der Waals surface area (Å²) in [6, 6.07) is 9.18. The van der Waals surface area contributed by atoms with E-state index in [9.17, 15) is 0 Å². The summed E-state index contributed by atoms with van der Waals surface area (Å²) in [5.74, 6) is 2.03. The third-order valence-corrected chi connectivity index (χ3v) is 5.24. The largest absolute Gasteiger partial charge is 0.0761 e. The molecule has 1 aliphatic rings. The second-order valence-corrected chi connectivity index (χ2v) is 7.97. The second kappa shape index (κ2) is 5.99. The minimum atomic E-state index is 0.188. The molecule has 0 heteroatoms. The van der Waals surface area contributed by atoms with Gasteiger partial charge in [-0.3, -0.25) is 0 Å². The van der Waals surface area contributed by atoms with Crippen LogP contribution in [0.15, 0.2) is 35.4 Å². The van der Waals surface area contributed by atoms with Crippen molar-refractivity contribution in [3.63, 3.8) is 0 Å². The first-order valence-corrected chi connectivity index (χ1v) is 8.54. The Hall–Kier alpha value is -1.04. The molecule has 2 rings (SSSR count). The first kappa shape index (κ1) is 16.3. The fourth-order valence-corrected chi connectivity index (χ4v) is 4.97. The van der Waals surface area contributed by atoms with Crippen LogP contribution in [-0.4, -0.2) is 0 Å². The summed E-state index contributed by atoms with van der Waals surface area (Å²) in [5.41, 5.74) is 6.55. The minimum Gasteiger partial charge on any atom is -0.0761 e. The molecule has 0 bridgehead atoms. The highest BCUT2D eigenvalue weighted by Gasteiger charge is 2.40. The van der Waals surface area contributed by atoms with Gasteiger partial charge in [-0.05, 0) is 55.6 Å². The summed E-state index contributed by atoms with van der Waals surface area (Å²) in [6.45, 7) is 16.7. The quantitative estimate of drug-likeness (QED) is 0.431. The molecule has 1 aromatic carbocycles. The van der Waals surface area contributed by atoms with Crippen LogP contribution in [0.2, 0.25) is 0 Å². The Labute approximate surface area is 131 Å². The van der Waals surface area contributed by atoms with Crippen LogP contribution in [0.5, 0.6) is 0 Å². The van der Waals surface area contributed by atoms with Crippen molar-refractivity contribution in [2.24, 2.45) is 11.8 Å². The Bertz CT molecular complexity index is 531. The number of fused-ring (bicyclic) bond motifs is 1. The van der Waals surface area contributed by atoms with Crippen molar-refractivity contribution in [1.29, 1.82) is 0 Å². The Morgan fingerprint density at radius 1 is 1.14 bits per heavy atom. The molecule has 0 fully saturated rings. The maximum Gasteiger partial charge on any atom is 0.0144 e. The van der Waals surface area contributed by atoms with E-state index >= 15 is 0 Å². The summed E-state index contributed by atoms with van der Waals surface area (Å²) in [7, 11) is 0. The molecule has 0 aromatic heterocycles. The van der Waals surface area contributed by atoms with Crippen molar-refractivity contribution in [2.75, 3.05) is 0 Å². The summed E-state index contributed by atoms with van der Waals surface area (Å²) >= 11 is 0. The van der Waals surface area contributed by atoms with Crippen LogP contribution >= 0.6 is 0 Å². The number of benzene rings is 1. The monoisotopic (exact) mass is 284 g/mol. The van der Waals surface area contributed by atoms with Crippen LogP contribution in [0.1, 0.15) is 78.4 Å². The van der Waals surface area contributed by atoms with Crippen molar-refractivity contribution >= 4 is 0 Å². The minimum absolute atomic E-state index is 0.188. The first-order chi connectivity index (χ1) is 9.77. The zero-order valence-electron chi connectivity index (χ0n) is 15.0. The van der Waals surface area contributed by atoms with Crippen molar-refractivity contribution in [2.45, 2.75) is 72.6 Å². The molecule has 1 aromatic rings. The van der Waals surface area contributed by atoms with Gasteiger partial charge < -0.3 is 0 Å². The molecular weight excluding hydrogens is 252 g/mol. The molecule has 21 heavy (non-hydrogen) atoms. The summed E-state index contributed by atoms with van der Waals surface area (Å²) < 4.78 is 0. The van der Waals surface area contributed by atoms with Crippen molar-refractivity contribution in [3.8, 4) is 0 Å². The van der Waals surface area contributed by atoms with Crippen LogP contribution < -0.4 is 0 Å². The van der Waals surface area contributed by atoms with Crippen LogP contribution in [0, 0.1) is 11.8 Å². The van der Waals surface area contributed by atoms with Gasteiger partial charge in [0.2, 0.25) is 0 Å². The van der Waals surface area contributed by atoms with E-state index in [4.69, 9.17) is 0 Å². The van der Waals surface area contributed by atoms with Gasteiger partial charge in [0, 0.05) is 5.41 Å². The van der Waals surface area contributed by atoms with Gasteiger partial charge in [0.25, 0.3) is 0 Å². The average molecular weight is 284 g/mol. The Morgan fingerprint density at radius 2 is 1.76 bits per heavy atom. The van der Waals surface area contributed by atoms with E-state index in [1.807, 2.05) is 0 Å². The predicted molar refractivity (Wildman–Crippen MR) is 93.8 cm³/mol. The second-order valence-electron chi connectivity index (χ2n) is 7.97. The molecule has 0 N–H and O–H groups in total. The summed E-state index contributed by atoms with van der Waals surface area (Å²) in [5, 5.41) is 0. The lowest BCUT2D eigenvalue weighted by Crippen LogP contribution is -2.30. The van der Waals surface area contributed by atoms with Crippen LogP contribution in [0.3, 0.4) is 0 Å². The molecular formula is C21H32. The van der Waals surface area contributed by atoms with E-state index in [2.05, 4.69) is 72.7 Å². The lowest BCUT2D eigenvalue weighted by atomic mass is 9.66. The van der Waals surface area contributed by atoms with Gasteiger partial charge in [0.1, 0.15) is 0 Å². The number of hydrogen-bond acceptors (Lipinski definition) is 0. The van der Waals surface area contributed by atoms with Crippen molar-refractivity contribution in [3.05, 3.63) is 46.5 Å². The van der Waals surface area contributed by atoms with E-state index in [-0.39, 0.29) is 5.41 Å². The number of rotatable bonds is 2. The maximum atomic E-state index is 2.49. The summed E-state index contributed by atoms with van der Waals surface area (Å²) in [4.78, 5) is 0. The maximum absolute atomic E-state index is 2.49. The third-order valence-electron chi connectivity index (χ3n) is 5.24. The van der Waals surface area contributed by atoms with Crippen LogP contribution in [-0.2, 0) is 5.41 Å². The van der Waals surface area contributed by atoms with Gasteiger partial charge >= 0.3 is 0 Å². The van der Waals surface area contributed by atoms with Crippen LogP contribution in [0.4, 0.5) is 0 Å². The molecule has 0 heterocycles. The zero-order valence-corrected chi connectivity index (χ0v) is 15.0. The normalized spacial score (nSPS) is 29.2. The molecule has 0 saturated heterocycles. The molecule has 0 amide bonds. The van der Waals surface area contributed by atoms with Gasteiger partial charge in [0.15, 0.2) is 0 Å². The Balaban J connectivity index is 2.73. The topological polar surface area (TPSA) is 0 Å². The Kier molecular flexibility index (Phi) is 4.66. The molecule has 116 valence electrons. The third kappa shape index (κ3) is 2.96. The highest BCUT2D eigenvalue weighted by atomic mass is 14.4. The van der Waals surface area contributed by atoms with Crippen molar-refractivity contribution in [1.82, 2.24) is 0 Å². The van der Waals surface area contributed by atoms with Gasteiger partial charge in [-0.15, -0.1) is 0 Å². The SMILES string of the molecule is CC(C)=C1C(C)CC(C)c2ccccc2C1(C)CC(C)C. The van der Waals surface area contributed by atoms with E-state index in [0.717, 1.165) is 0 Å². The van der Waals surface area contributed by atoms with Crippen LogP contribution in [0.25, 0.3) is 0 Å². The van der Waals surface area contributed by atoms with Gasteiger partial charge in [0.05, 0.1) is 0 Å².